The highest BCUT2D eigenvalue weighted by atomic mass is 16.3. The molecule has 4 atom stereocenters. The number of aliphatic imine (C=N–C) groups is 1. The molecule has 1 unspecified atom stereocenters. The third kappa shape index (κ3) is 1.44. The van der Waals surface area contributed by atoms with Crippen molar-refractivity contribution in [1.29, 1.82) is 0 Å². The summed E-state index contributed by atoms with van der Waals surface area (Å²) in [6, 6.07) is 0. The van der Waals surface area contributed by atoms with E-state index >= 15 is 0 Å². The van der Waals surface area contributed by atoms with Crippen LogP contribution in [0, 0.1) is 11.8 Å². The Morgan fingerprint density at radius 1 is 1.64 bits per heavy atom. The molecule has 1 fully saturated rings. The van der Waals surface area contributed by atoms with Crippen molar-refractivity contribution in [1.82, 2.24) is 4.90 Å². The smallest absolute Gasteiger partial charge is 0.130 e. The molecule has 3 heteroatoms. The maximum atomic E-state index is 9.90. The third-order valence-corrected chi connectivity index (χ3v) is 3.73. The first kappa shape index (κ1) is 9.97. The van der Waals surface area contributed by atoms with Crippen molar-refractivity contribution in [2.75, 3.05) is 7.05 Å². The fourth-order valence-corrected chi connectivity index (χ4v) is 2.70. The second kappa shape index (κ2) is 3.23. The van der Waals surface area contributed by atoms with E-state index < -0.39 is 0 Å². The van der Waals surface area contributed by atoms with Gasteiger partial charge in [-0.2, -0.15) is 0 Å². The number of hydrogen-bond acceptors (Lipinski definition) is 3. The molecule has 0 spiro atoms. The number of nitrogens with zero attached hydrogens (tertiary/aromatic N) is 2. The average molecular weight is 196 g/mol. The number of rotatable bonds is 2. The highest BCUT2D eigenvalue weighted by Gasteiger charge is 2.54. The van der Waals surface area contributed by atoms with Crippen LogP contribution in [0.5, 0.6) is 0 Å². The molecule has 2 rings (SSSR count). The van der Waals surface area contributed by atoms with Crippen LogP contribution >= 0.6 is 0 Å². The first-order valence-electron chi connectivity index (χ1n) is 5.54. The maximum Gasteiger partial charge on any atom is 0.130 e. The van der Waals surface area contributed by atoms with Crippen LogP contribution in [0.25, 0.3) is 0 Å². The van der Waals surface area contributed by atoms with Crippen molar-refractivity contribution in [3.63, 3.8) is 0 Å². The first-order valence-corrected chi connectivity index (χ1v) is 5.54. The lowest BCUT2D eigenvalue weighted by molar-refractivity contribution is 0.0477. The Morgan fingerprint density at radius 2 is 2.36 bits per heavy atom. The minimum atomic E-state index is -0.317. The van der Waals surface area contributed by atoms with Gasteiger partial charge >= 0.3 is 0 Å². The van der Waals surface area contributed by atoms with Crippen molar-refractivity contribution < 1.29 is 5.11 Å². The summed E-state index contributed by atoms with van der Waals surface area (Å²) in [5.74, 6) is 1.04. The van der Waals surface area contributed by atoms with Gasteiger partial charge in [-0.3, -0.25) is 4.99 Å². The average Bonchev–Trinajstić information content (AvgIpc) is 2.92. The van der Waals surface area contributed by atoms with E-state index in [1.165, 1.54) is 0 Å². The Kier molecular flexibility index (Phi) is 2.30. The predicted octanol–water partition coefficient (Wildman–Crippen LogP) is 1.47. The quantitative estimate of drug-likeness (QED) is 0.726. The SMILES string of the molecule is CCC[C@]1(C)N=CN(C)[C@@H](O)C2C[C@@H]21. The van der Waals surface area contributed by atoms with Crippen molar-refractivity contribution in [2.45, 2.75) is 44.9 Å². The Morgan fingerprint density at radius 3 is 3.00 bits per heavy atom. The molecule has 1 aliphatic carbocycles. The summed E-state index contributed by atoms with van der Waals surface area (Å²) in [6.07, 6.45) is 4.93. The lowest BCUT2D eigenvalue weighted by atomic mass is 9.90. The molecule has 1 saturated carbocycles. The largest absolute Gasteiger partial charge is 0.373 e. The molecule has 2 aliphatic rings. The first-order chi connectivity index (χ1) is 6.58. The number of fused-ring (bicyclic) bond motifs is 1. The van der Waals surface area contributed by atoms with Gasteiger partial charge in [-0.15, -0.1) is 0 Å². The molecule has 1 aliphatic heterocycles. The molecule has 1 heterocycles. The second-order valence-corrected chi connectivity index (χ2v) is 4.94. The van der Waals surface area contributed by atoms with Crippen molar-refractivity contribution in [3.05, 3.63) is 0 Å². The fraction of sp³-hybridized carbons (Fsp3) is 0.909. The zero-order valence-electron chi connectivity index (χ0n) is 9.27. The van der Waals surface area contributed by atoms with Crippen LogP contribution in [-0.2, 0) is 0 Å². The Bertz CT molecular complexity index is 254. The van der Waals surface area contributed by atoms with Crippen LogP contribution in [0.2, 0.25) is 0 Å². The summed E-state index contributed by atoms with van der Waals surface area (Å²) < 4.78 is 0. The van der Waals surface area contributed by atoms with Gasteiger partial charge in [-0.1, -0.05) is 13.3 Å². The summed E-state index contributed by atoms with van der Waals surface area (Å²) >= 11 is 0. The van der Waals surface area contributed by atoms with E-state index in [-0.39, 0.29) is 11.8 Å². The topological polar surface area (TPSA) is 35.8 Å². The Labute approximate surface area is 85.8 Å². The molecule has 0 bridgehead atoms. The van der Waals surface area contributed by atoms with Gasteiger partial charge in [0.15, 0.2) is 0 Å². The second-order valence-electron chi connectivity index (χ2n) is 4.94. The zero-order valence-corrected chi connectivity index (χ0v) is 9.27. The van der Waals surface area contributed by atoms with Crippen LogP contribution in [0.1, 0.15) is 33.1 Å². The molecule has 14 heavy (non-hydrogen) atoms. The molecule has 0 aromatic carbocycles. The molecular formula is C11H20N2O. The fourth-order valence-electron chi connectivity index (χ4n) is 2.70. The van der Waals surface area contributed by atoms with Crippen LogP contribution in [0.15, 0.2) is 4.99 Å². The van der Waals surface area contributed by atoms with E-state index in [1.807, 2.05) is 18.3 Å². The number of hydrogen-bond donors (Lipinski definition) is 1. The summed E-state index contributed by atoms with van der Waals surface area (Å²) in [5.41, 5.74) is 0.0746. The maximum absolute atomic E-state index is 9.90. The van der Waals surface area contributed by atoms with Gasteiger partial charge in [-0.05, 0) is 25.7 Å². The summed E-state index contributed by atoms with van der Waals surface area (Å²) in [4.78, 5) is 6.48. The van der Waals surface area contributed by atoms with E-state index in [4.69, 9.17) is 0 Å². The number of aliphatic hydroxyl groups excluding tert-OH is 1. The Balaban J connectivity index is 2.18. The molecule has 0 radical (unpaired) electrons. The van der Waals surface area contributed by atoms with Crippen LogP contribution in [0.4, 0.5) is 0 Å². The Hall–Kier alpha value is -0.570. The van der Waals surface area contributed by atoms with E-state index in [2.05, 4.69) is 18.8 Å². The van der Waals surface area contributed by atoms with E-state index in [9.17, 15) is 5.11 Å². The van der Waals surface area contributed by atoms with E-state index in [0.29, 0.717) is 11.8 Å². The van der Waals surface area contributed by atoms with Crippen LogP contribution in [-0.4, -0.2) is 35.2 Å². The molecule has 3 nitrogen and oxygen atoms in total. The minimum absolute atomic E-state index is 0.0746. The monoisotopic (exact) mass is 196 g/mol. The molecule has 0 aromatic heterocycles. The normalized spacial score (nSPS) is 46.0. The van der Waals surface area contributed by atoms with Gasteiger partial charge in [0.1, 0.15) is 6.23 Å². The minimum Gasteiger partial charge on any atom is -0.373 e. The molecule has 0 saturated heterocycles. The van der Waals surface area contributed by atoms with Gasteiger partial charge in [0, 0.05) is 13.0 Å². The summed E-state index contributed by atoms with van der Waals surface area (Å²) in [5, 5.41) is 9.90. The summed E-state index contributed by atoms with van der Waals surface area (Å²) in [6.45, 7) is 4.42. The lowest BCUT2D eigenvalue weighted by Crippen LogP contribution is -2.31. The number of aliphatic hydroxyl groups is 1. The summed E-state index contributed by atoms with van der Waals surface area (Å²) in [7, 11) is 1.90. The van der Waals surface area contributed by atoms with Crippen LogP contribution < -0.4 is 0 Å². The van der Waals surface area contributed by atoms with Gasteiger partial charge in [0.25, 0.3) is 0 Å². The molecular weight excluding hydrogens is 176 g/mol. The highest BCUT2D eigenvalue weighted by molar-refractivity contribution is 5.57. The molecule has 1 N–H and O–H groups in total. The van der Waals surface area contributed by atoms with Crippen molar-refractivity contribution >= 4 is 6.34 Å². The molecule has 80 valence electrons. The van der Waals surface area contributed by atoms with Crippen LogP contribution in [0.3, 0.4) is 0 Å². The zero-order chi connectivity index (χ0) is 10.3. The lowest BCUT2D eigenvalue weighted by Gasteiger charge is -2.23. The molecule has 0 amide bonds. The standard InChI is InChI=1S/C11H20N2O/c1-4-5-11(2)9-6-8(9)10(14)13(3)7-12-11/h7-10,14H,4-6H2,1-3H3/t8?,9-,10-,11-/m0/s1. The van der Waals surface area contributed by atoms with E-state index in [1.54, 1.807) is 0 Å². The molecule has 0 aromatic rings. The van der Waals surface area contributed by atoms with Gasteiger partial charge in [0.2, 0.25) is 0 Å². The third-order valence-electron chi connectivity index (χ3n) is 3.73. The van der Waals surface area contributed by atoms with Gasteiger partial charge in [0.05, 0.1) is 11.9 Å². The van der Waals surface area contributed by atoms with Gasteiger partial charge in [-0.25, -0.2) is 0 Å². The van der Waals surface area contributed by atoms with E-state index in [0.717, 1.165) is 19.3 Å². The van der Waals surface area contributed by atoms with Crippen molar-refractivity contribution in [2.24, 2.45) is 16.8 Å². The highest BCUT2D eigenvalue weighted by Crippen LogP contribution is 2.53. The predicted molar refractivity (Wildman–Crippen MR) is 57.2 cm³/mol. The van der Waals surface area contributed by atoms with Crippen molar-refractivity contribution in [3.8, 4) is 0 Å². The van der Waals surface area contributed by atoms with Gasteiger partial charge < -0.3 is 10.0 Å².